The molecule has 3 atom stereocenters. The smallest absolute Gasteiger partial charge is 0.323 e. The molecule has 34 heavy (non-hydrogen) atoms. The highest BCUT2D eigenvalue weighted by Crippen LogP contribution is 2.32. The van der Waals surface area contributed by atoms with Gasteiger partial charge in [-0.3, -0.25) is 9.59 Å². The summed E-state index contributed by atoms with van der Waals surface area (Å²) < 4.78 is 16.8. The fourth-order valence-electron chi connectivity index (χ4n) is 4.39. The maximum atomic E-state index is 13.3. The molecule has 0 unspecified atom stereocenters. The van der Waals surface area contributed by atoms with Crippen molar-refractivity contribution in [3.05, 3.63) is 53.6 Å². The molecule has 0 spiro atoms. The van der Waals surface area contributed by atoms with Crippen LogP contribution in [0.2, 0.25) is 0 Å². The van der Waals surface area contributed by atoms with Crippen LogP contribution in [-0.2, 0) is 14.3 Å². The lowest BCUT2D eigenvalue weighted by Gasteiger charge is -2.42. The summed E-state index contributed by atoms with van der Waals surface area (Å²) in [5.74, 6) is -0.127. The maximum Gasteiger partial charge on any atom is 0.323 e. The number of urea groups is 1. The fraction of sp³-hybridized carbons (Fsp3) is 0.400. The van der Waals surface area contributed by atoms with Gasteiger partial charge in [0, 0.05) is 18.4 Å². The number of nitrogens with one attached hydrogen (secondary N) is 2. The lowest BCUT2D eigenvalue weighted by atomic mass is 9.94. The van der Waals surface area contributed by atoms with E-state index in [4.69, 9.17) is 14.2 Å². The summed E-state index contributed by atoms with van der Waals surface area (Å²) in [7, 11) is 3.09. The minimum absolute atomic E-state index is 0.174. The second-order valence-electron chi connectivity index (χ2n) is 8.61. The van der Waals surface area contributed by atoms with Gasteiger partial charge < -0.3 is 29.7 Å². The number of aryl methyl sites for hydroxylation is 1. The van der Waals surface area contributed by atoms with Gasteiger partial charge in [0.05, 0.1) is 31.2 Å². The number of fused-ring (bicyclic) bond motifs is 2. The zero-order chi connectivity index (χ0) is 24.2. The van der Waals surface area contributed by atoms with Gasteiger partial charge in [-0.25, -0.2) is 4.79 Å². The number of benzene rings is 2. The number of hydrogen-bond donors (Lipinski definition) is 2. The number of ether oxygens (including phenoxy) is 3. The number of carbonyl (C=O) groups excluding carboxylic acids is 3. The summed E-state index contributed by atoms with van der Waals surface area (Å²) >= 11 is 0. The van der Waals surface area contributed by atoms with E-state index < -0.39 is 6.03 Å². The number of anilines is 2. The normalized spacial score (nSPS) is 21.8. The van der Waals surface area contributed by atoms with Gasteiger partial charge in [0.1, 0.15) is 18.5 Å². The molecule has 1 fully saturated rings. The summed E-state index contributed by atoms with van der Waals surface area (Å²) in [5.41, 5.74) is 2.55. The Morgan fingerprint density at radius 1 is 1.12 bits per heavy atom. The van der Waals surface area contributed by atoms with E-state index in [1.54, 1.807) is 36.2 Å². The fourth-order valence-corrected chi connectivity index (χ4v) is 4.39. The van der Waals surface area contributed by atoms with E-state index in [2.05, 4.69) is 10.6 Å². The van der Waals surface area contributed by atoms with Gasteiger partial charge >= 0.3 is 12.0 Å². The summed E-state index contributed by atoms with van der Waals surface area (Å²) in [6.07, 6.45) is 0.876. The summed E-state index contributed by atoms with van der Waals surface area (Å²) in [6.45, 7) is 2.19. The zero-order valence-corrected chi connectivity index (χ0v) is 19.5. The molecule has 0 saturated carbocycles. The SMILES string of the molecule is COC(=O)C[C@H]1CC[C@H]2[C@@H](COc3ccc(NC(=O)Nc4cccc(C)c4)cc3C(=O)N2C)O1. The Kier molecular flexibility index (Phi) is 7.02. The van der Waals surface area contributed by atoms with E-state index in [1.807, 2.05) is 25.1 Å². The molecule has 2 N–H and O–H groups in total. The molecule has 4 rings (SSSR count). The molecule has 0 radical (unpaired) electrons. The predicted molar refractivity (Wildman–Crippen MR) is 126 cm³/mol. The first-order valence-corrected chi connectivity index (χ1v) is 11.2. The van der Waals surface area contributed by atoms with Crippen LogP contribution in [0.15, 0.2) is 42.5 Å². The lowest BCUT2D eigenvalue weighted by Crippen LogP contribution is -2.53. The zero-order valence-electron chi connectivity index (χ0n) is 19.5. The third-order valence-electron chi connectivity index (χ3n) is 6.17. The Balaban J connectivity index is 1.47. The summed E-state index contributed by atoms with van der Waals surface area (Å²) in [6, 6.07) is 11.9. The molecule has 3 amide bonds. The average molecular weight is 468 g/mol. The molecule has 9 nitrogen and oxygen atoms in total. The van der Waals surface area contributed by atoms with Crippen LogP contribution in [0.3, 0.4) is 0 Å². The van der Waals surface area contributed by atoms with E-state index in [0.717, 1.165) is 5.56 Å². The van der Waals surface area contributed by atoms with Crippen molar-refractivity contribution in [3.8, 4) is 5.75 Å². The Labute approximate surface area is 198 Å². The summed E-state index contributed by atoms with van der Waals surface area (Å²) in [4.78, 5) is 39.1. The number of hydrogen-bond acceptors (Lipinski definition) is 6. The molecule has 9 heteroatoms. The number of rotatable bonds is 4. The van der Waals surface area contributed by atoms with Gasteiger partial charge in [0.25, 0.3) is 5.91 Å². The molecule has 180 valence electrons. The first-order valence-electron chi connectivity index (χ1n) is 11.2. The predicted octanol–water partition coefficient (Wildman–Crippen LogP) is 3.58. The first-order chi connectivity index (χ1) is 16.3. The highest BCUT2D eigenvalue weighted by atomic mass is 16.5. The largest absolute Gasteiger partial charge is 0.490 e. The number of nitrogens with zero attached hydrogens (tertiary/aromatic N) is 1. The average Bonchev–Trinajstić information content (AvgIpc) is 2.81. The van der Waals surface area contributed by atoms with Gasteiger partial charge in [-0.1, -0.05) is 12.1 Å². The highest BCUT2D eigenvalue weighted by molar-refractivity contribution is 6.02. The van der Waals surface area contributed by atoms with Crippen molar-refractivity contribution in [2.24, 2.45) is 0 Å². The van der Waals surface area contributed by atoms with E-state index >= 15 is 0 Å². The molecule has 2 heterocycles. The molecule has 2 aliphatic heterocycles. The van der Waals surface area contributed by atoms with E-state index in [9.17, 15) is 14.4 Å². The van der Waals surface area contributed by atoms with Crippen LogP contribution in [0.5, 0.6) is 5.75 Å². The van der Waals surface area contributed by atoms with Crippen LogP contribution in [0, 0.1) is 6.92 Å². The van der Waals surface area contributed by atoms with E-state index in [0.29, 0.717) is 35.5 Å². The van der Waals surface area contributed by atoms with Crippen molar-refractivity contribution in [1.82, 2.24) is 4.90 Å². The third kappa shape index (κ3) is 5.31. The molecule has 0 bridgehead atoms. The minimum Gasteiger partial charge on any atom is -0.490 e. The molecule has 2 aromatic rings. The second kappa shape index (κ2) is 10.1. The van der Waals surface area contributed by atoms with Gasteiger partial charge in [0.15, 0.2) is 0 Å². The van der Waals surface area contributed by atoms with Crippen molar-refractivity contribution in [2.45, 2.75) is 44.4 Å². The van der Waals surface area contributed by atoms with E-state index in [-0.39, 0.29) is 43.2 Å². The number of likely N-dealkylation sites (N-methyl/N-ethyl adjacent to an activating group) is 1. The van der Waals surface area contributed by atoms with Crippen LogP contribution >= 0.6 is 0 Å². The van der Waals surface area contributed by atoms with Crippen LogP contribution < -0.4 is 15.4 Å². The van der Waals surface area contributed by atoms with Crippen molar-refractivity contribution < 1.29 is 28.6 Å². The summed E-state index contributed by atoms with van der Waals surface area (Å²) in [5, 5.41) is 5.56. The maximum absolute atomic E-state index is 13.3. The van der Waals surface area contributed by atoms with Crippen molar-refractivity contribution in [2.75, 3.05) is 31.4 Å². The Hall–Kier alpha value is -3.59. The highest BCUT2D eigenvalue weighted by Gasteiger charge is 2.39. The molecular formula is C25H29N3O6. The number of esters is 1. The quantitative estimate of drug-likeness (QED) is 0.666. The minimum atomic E-state index is -0.407. The molecule has 0 aromatic heterocycles. The standard InChI is InChI=1S/C25H29N3O6/c1-15-5-4-6-16(11-15)26-25(31)27-17-7-10-21-19(12-17)24(30)28(2)20-9-8-18(13-23(29)32-3)34-22(20)14-33-21/h4-7,10-12,18,20,22H,8-9,13-14H2,1-3H3,(H2,26,27,31)/t18-,20+,22-/m1/s1. The molecule has 2 aromatic carbocycles. The monoisotopic (exact) mass is 467 g/mol. The van der Waals surface area contributed by atoms with Gasteiger partial charge in [0.2, 0.25) is 0 Å². The molecule has 2 aliphatic rings. The Bertz CT molecular complexity index is 1090. The second-order valence-corrected chi connectivity index (χ2v) is 8.61. The van der Waals surface area contributed by atoms with Gasteiger partial charge in [-0.2, -0.15) is 0 Å². The number of methoxy groups -OCH3 is 1. The topological polar surface area (TPSA) is 106 Å². The molecular weight excluding hydrogens is 438 g/mol. The third-order valence-corrected chi connectivity index (χ3v) is 6.17. The Morgan fingerprint density at radius 3 is 2.62 bits per heavy atom. The Morgan fingerprint density at radius 2 is 1.88 bits per heavy atom. The van der Waals surface area contributed by atoms with Crippen molar-refractivity contribution in [3.63, 3.8) is 0 Å². The van der Waals surface area contributed by atoms with Crippen LogP contribution in [0.25, 0.3) is 0 Å². The number of carbonyl (C=O) groups is 3. The lowest BCUT2D eigenvalue weighted by molar-refractivity contribution is -0.151. The van der Waals surface area contributed by atoms with E-state index in [1.165, 1.54) is 7.11 Å². The molecule has 1 saturated heterocycles. The van der Waals surface area contributed by atoms with Crippen molar-refractivity contribution >= 4 is 29.3 Å². The van der Waals surface area contributed by atoms with Gasteiger partial charge in [-0.15, -0.1) is 0 Å². The van der Waals surface area contributed by atoms with Crippen molar-refractivity contribution in [1.29, 1.82) is 0 Å². The molecule has 0 aliphatic carbocycles. The first kappa shape index (κ1) is 23.6. The van der Waals surface area contributed by atoms with Crippen LogP contribution in [0.4, 0.5) is 16.2 Å². The van der Waals surface area contributed by atoms with Crippen LogP contribution in [-0.4, -0.2) is 61.8 Å². The van der Waals surface area contributed by atoms with Crippen LogP contribution in [0.1, 0.15) is 35.2 Å². The number of amides is 3. The van der Waals surface area contributed by atoms with Gasteiger partial charge in [-0.05, 0) is 55.7 Å².